The predicted molar refractivity (Wildman–Crippen MR) is 97.4 cm³/mol. The van der Waals surface area contributed by atoms with Gasteiger partial charge in [0.1, 0.15) is 0 Å². The number of amides is 1. The normalized spacial score (nSPS) is 11.4. The van der Waals surface area contributed by atoms with Crippen LogP contribution in [0.15, 0.2) is 59.7 Å². The zero-order valence-corrected chi connectivity index (χ0v) is 14.3. The van der Waals surface area contributed by atoms with Gasteiger partial charge in [0.25, 0.3) is 5.69 Å². The van der Waals surface area contributed by atoms with Crippen LogP contribution in [0.5, 0.6) is 0 Å². The van der Waals surface area contributed by atoms with E-state index in [0.717, 1.165) is 17.7 Å². The van der Waals surface area contributed by atoms with Crippen LogP contribution in [0.4, 0.5) is 5.69 Å². The summed E-state index contributed by atoms with van der Waals surface area (Å²) in [5.41, 5.74) is 5.10. The van der Waals surface area contributed by atoms with Crippen LogP contribution in [0.2, 0.25) is 0 Å². The number of hydrazone groups is 1. The van der Waals surface area contributed by atoms with Gasteiger partial charge in [-0.3, -0.25) is 14.9 Å². The van der Waals surface area contributed by atoms with Crippen molar-refractivity contribution >= 4 is 17.3 Å². The molecule has 2 aromatic rings. The number of nitro benzene ring substituents is 1. The number of hydrogen-bond donors (Lipinski definition) is 1. The molecule has 0 aliphatic heterocycles. The fourth-order valence-corrected chi connectivity index (χ4v) is 2.34. The summed E-state index contributed by atoms with van der Waals surface area (Å²) in [4.78, 5) is 22.3. The average molecular weight is 339 g/mol. The van der Waals surface area contributed by atoms with Gasteiger partial charge < -0.3 is 0 Å². The van der Waals surface area contributed by atoms with E-state index in [1.54, 1.807) is 12.1 Å². The smallest absolute Gasteiger partial charge is 0.269 e. The zero-order valence-electron chi connectivity index (χ0n) is 14.3. The van der Waals surface area contributed by atoms with Crippen LogP contribution in [0.25, 0.3) is 0 Å². The van der Waals surface area contributed by atoms with Gasteiger partial charge in [0, 0.05) is 12.1 Å². The summed E-state index contributed by atoms with van der Waals surface area (Å²) in [7, 11) is 0. The Balaban J connectivity index is 2.04. The van der Waals surface area contributed by atoms with E-state index in [1.165, 1.54) is 12.1 Å². The summed E-state index contributed by atoms with van der Waals surface area (Å²) in [6.45, 7) is 4.19. The number of nitrogens with zero attached hydrogens (tertiary/aromatic N) is 2. The average Bonchev–Trinajstić information content (AvgIpc) is 2.59. The molecule has 0 unspecified atom stereocenters. The fourth-order valence-electron chi connectivity index (χ4n) is 2.34. The number of nitrogens with one attached hydrogen (secondary N) is 1. The zero-order chi connectivity index (χ0) is 18.2. The van der Waals surface area contributed by atoms with Crippen molar-refractivity contribution in [3.63, 3.8) is 0 Å². The standard InChI is InChI=1S/C19H21N3O3/c1-14(2)12-18(16-6-4-3-5-7-16)20-21-19(23)13-15-8-10-17(11-9-15)22(24)25/h3-11,14H,12-13H2,1-2H3,(H,21,23)/b20-18+. The minimum Gasteiger partial charge on any atom is -0.273 e. The molecule has 6 nitrogen and oxygen atoms in total. The number of carbonyl (C=O) groups excluding carboxylic acids is 1. The lowest BCUT2D eigenvalue weighted by molar-refractivity contribution is -0.384. The fraction of sp³-hybridized carbons (Fsp3) is 0.263. The van der Waals surface area contributed by atoms with E-state index < -0.39 is 4.92 Å². The molecule has 0 aliphatic rings. The van der Waals surface area contributed by atoms with Crippen molar-refractivity contribution in [2.24, 2.45) is 11.0 Å². The monoisotopic (exact) mass is 339 g/mol. The SMILES string of the molecule is CC(C)C/C(=N\NC(=O)Cc1ccc([N+](=O)[O-])cc1)c1ccccc1. The highest BCUT2D eigenvalue weighted by Crippen LogP contribution is 2.13. The van der Waals surface area contributed by atoms with Crippen LogP contribution < -0.4 is 5.43 Å². The van der Waals surface area contributed by atoms with Crippen LogP contribution in [0.3, 0.4) is 0 Å². The molecule has 2 rings (SSSR count). The topological polar surface area (TPSA) is 84.6 Å². The Hall–Kier alpha value is -3.02. The van der Waals surface area contributed by atoms with E-state index >= 15 is 0 Å². The molecule has 0 heterocycles. The predicted octanol–water partition coefficient (Wildman–Crippen LogP) is 3.70. The Morgan fingerprint density at radius 3 is 2.32 bits per heavy atom. The van der Waals surface area contributed by atoms with Crippen LogP contribution in [-0.2, 0) is 11.2 Å². The number of carbonyl (C=O) groups is 1. The van der Waals surface area contributed by atoms with Gasteiger partial charge in [-0.25, -0.2) is 5.43 Å². The van der Waals surface area contributed by atoms with E-state index in [2.05, 4.69) is 24.4 Å². The molecule has 0 bridgehead atoms. The molecule has 2 aromatic carbocycles. The lowest BCUT2D eigenvalue weighted by Crippen LogP contribution is -2.22. The second kappa shape index (κ2) is 8.73. The summed E-state index contributed by atoms with van der Waals surface area (Å²) in [6, 6.07) is 15.7. The van der Waals surface area contributed by atoms with Crippen molar-refractivity contribution in [2.75, 3.05) is 0 Å². The number of hydrogen-bond acceptors (Lipinski definition) is 4. The Morgan fingerprint density at radius 1 is 1.12 bits per heavy atom. The van der Waals surface area contributed by atoms with Crippen LogP contribution >= 0.6 is 0 Å². The third-order valence-corrected chi connectivity index (χ3v) is 3.54. The van der Waals surface area contributed by atoms with Crippen LogP contribution in [-0.4, -0.2) is 16.5 Å². The van der Waals surface area contributed by atoms with Gasteiger partial charge in [-0.15, -0.1) is 0 Å². The van der Waals surface area contributed by atoms with Crippen LogP contribution in [0, 0.1) is 16.0 Å². The maximum atomic E-state index is 12.1. The molecule has 6 heteroatoms. The molecule has 0 atom stereocenters. The molecule has 0 saturated carbocycles. The first-order valence-electron chi connectivity index (χ1n) is 8.10. The van der Waals surface area contributed by atoms with Crippen molar-refractivity contribution in [1.29, 1.82) is 0 Å². The molecule has 0 saturated heterocycles. The first-order valence-corrected chi connectivity index (χ1v) is 8.10. The third-order valence-electron chi connectivity index (χ3n) is 3.54. The summed E-state index contributed by atoms with van der Waals surface area (Å²) in [5, 5.41) is 14.9. The molecule has 25 heavy (non-hydrogen) atoms. The minimum absolute atomic E-state index is 0.00507. The maximum absolute atomic E-state index is 12.1. The molecule has 0 aromatic heterocycles. The Bertz CT molecular complexity index is 753. The molecule has 0 radical (unpaired) electrons. The Morgan fingerprint density at radius 2 is 1.76 bits per heavy atom. The van der Waals surface area contributed by atoms with Gasteiger partial charge in [0.15, 0.2) is 0 Å². The lowest BCUT2D eigenvalue weighted by Gasteiger charge is -2.10. The molecule has 0 aliphatic carbocycles. The molecule has 0 spiro atoms. The highest BCUT2D eigenvalue weighted by atomic mass is 16.6. The lowest BCUT2D eigenvalue weighted by atomic mass is 10.0. The van der Waals surface area contributed by atoms with Gasteiger partial charge >= 0.3 is 0 Å². The van der Waals surface area contributed by atoms with E-state index in [4.69, 9.17) is 0 Å². The van der Waals surface area contributed by atoms with Crippen molar-refractivity contribution in [3.05, 3.63) is 75.8 Å². The van der Waals surface area contributed by atoms with E-state index in [-0.39, 0.29) is 18.0 Å². The van der Waals surface area contributed by atoms with Gasteiger partial charge in [-0.1, -0.05) is 56.3 Å². The molecular formula is C19H21N3O3. The quantitative estimate of drug-likeness (QED) is 0.474. The molecule has 130 valence electrons. The van der Waals surface area contributed by atoms with Crippen molar-refractivity contribution in [2.45, 2.75) is 26.7 Å². The summed E-state index contributed by atoms with van der Waals surface area (Å²) >= 11 is 0. The summed E-state index contributed by atoms with van der Waals surface area (Å²) in [6.07, 6.45) is 0.868. The van der Waals surface area contributed by atoms with Gasteiger partial charge in [-0.2, -0.15) is 5.10 Å². The number of benzene rings is 2. The van der Waals surface area contributed by atoms with Gasteiger partial charge in [0.05, 0.1) is 17.1 Å². The summed E-state index contributed by atoms with van der Waals surface area (Å²) in [5.74, 6) is 0.150. The van der Waals surface area contributed by atoms with Crippen molar-refractivity contribution in [3.8, 4) is 0 Å². The van der Waals surface area contributed by atoms with Crippen LogP contribution in [0.1, 0.15) is 31.4 Å². The largest absolute Gasteiger partial charge is 0.273 e. The molecular weight excluding hydrogens is 318 g/mol. The Kier molecular flexibility index (Phi) is 6.39. The van der Waals surface area contributed by atoms with E-state index in [1.807, 2.05) is 30.3 Å². The molecule has 1 amide bonds. The summed E-state index contributed by atoms with van der Waals surface area (Å²) < 4.78 is 0. The van der Waals surface area contributed by atoms with Crippen molar-refractivity contribution < 1.29 is 9.72 Å². The number of nitro groups is 1. The maximum Gasteiger partial charge on any atom is 0.269 e. The van der Waals surface area contributed by atoms with Crippen molar-refractivity contribution in [1.82, 2.24) is 5.43 Å². The minimum atomic E-state index is -0.466. The number of non-ortho nitro benzene ring substituents is 1. The highest BCUT2D eigenvalue weighted by molar-refractivity contribution is 6.01. The molecule has 0 fully saturated rings. The second-order valence-corrected chi connectivity index (χ2v) is 6.16. The van der Waals surface area contributed by atoms with E-state index in [9.17, 15) is 14.9 Å². The number of rotatable bonds is 7. The highest BCUT2D eigenvalue weighted by Gasteiger charge is 2.09. The third kappa shape index (κ3) is 5.84. The first-order chi connectivity index (χ1) is 12.0. The Labute approximate surface area is 146 Å². The van der Waals surface area contributed by atoms with Gasteiger partial charge in [0.2, 0.25) is 5.91 Å². The van der Waals surface area contributed by atoms with Gasteiger partial charge in [-0.05, 0) is 23.5 Å². The van der Waals surface area contributed by atoms with E-state index in [0.29, 0.717) is 11.5 Å². The molecule has 1 N–H and O–H groups in total. The first kappa shape index (κ1) is 18.3. The second-order valence-electron chi connectivity index (χ2n) is 6.16.